The van der Waals surface area contributed by atoms with Crippen molar-refractivity contribution in [1.29, 1.82) is 0 Å². The number of phenolic OH excluding ortho intramolecular Hbond substituents is 1. The zero-order valence-corrected chi connectivity index (χ0v) is 16.6. The number of fused-ring (bicyclic) bond motifs is 4. The topological polar surface area (TPSA) is 74.0 Å². The first-order valence-corrected chi connectivity index (χ1v) is 9.65. The van der Waals surface area contributed by atoms with Gasteiger partial charge in [0.1, 0.15) is 16.9 Å². The molecule has 3 aromatic rings. The Hall–Kier alpha value is -2.86. The number of imide groups is 1. The molecule has 1 aliphatic heterocycles. The van der Waals surface area contributed by atoms with E-state index in [1.807, 2.05) is 13.8 Å². The summed E-state index contributed by atoms with van der Waals surface area (Å²) in [5.41, 5.74) is 3.49. The fraction of sp³-hybridized carbons (Fsp3) is 0.364. The number of likely N-dealkylation sites (N-methyl/N-ethyl adjacent to an activating group) is 1. The average molecular weight is 380 g/mol. The van der Waals surface area contributed by atoms with Crippen molar-refractivity contribution in [2.75, 3.05) is 26.2 Å². The molecule has 2 aromatic carbocycles. The maximum atomic E-state index is 13.1. The van der Waals surface area contributed by atoms with E-state index in [2.05, 4.69) is 18.7 Å². The van der Waals surface area contributed by atoms with Crippen LogP contribution in [0.4, 0.5) is 0 Å². The number of benzene rings is 2. The van der Waals surface area contributed by atoms with Crippen molar-refractivity contribution < 1.29 is 19.1 Å². The van der Waals surface area contributed by atoms with E-state index in [4.69, 9.17) is 4.42 Å². The van der Waals surface area contributed by atoms with Crippen LogP contribution in [0.5, 0.6) is 5.75 Å². The quantitative estimate of drug-likeness (QED) is 0.681. The summed E-state index contributed by atoms with van der Waals surface area (Å²) in [5, 5.41) is 11.4. The molecular formula is C22H24N2O4. The summed E-state index contributed by atoms with van der Waals surface area (Å²) in [5.74, 6) is -0.370. The van der Waals surface area contributed by atoms with Gasteiger partial charge in [-0.05, 0) is 44.6 Å². The van der Waals surface area contributed by atoms with Gasteiger partial charge in [0.25, 0.3) is 11.8 Å². The van der Waals surface area contributed by atoms with Gasteiger partial charge in [-0.15, -0.1) is 0 Å². The average Bonchev–Trinajstić information content (AvgIpc) is 3.17. The summed E-state index contributed by atoms with van der Waals surface area (Å²) in [6.45, 7) is 10.6. The maximum absolute atomic E-state index is 13.1. The Kier molecular flexibility index (Phi) is 4.38. The van der Waals surface area contributed by atoms with Crippen molar-refractivity contribution >= 4 is 33.8 Å². The third kappa shape index (κ3) is 2.52. The number of rotatable bonds is 5. The number of hydrogen-bond acceptors (Lipinski definition) is 5. The number of carbonyl (C=O) groups excluding carboxylic acids is 2. The van der Waals surface area contributed by atoms with E-state index in [9.17, 15) is 14.7 Å². The van der Waals surface area contributed by atoms with E-state index in [0.29, 0.717) is 40.9 Å². The summed E-state index contributed by atoms with van der Waals surface area (Å²) in [4.78, 5) is 29.8. The molecule has 0 spiro atoms. The van der Waals surface area contributed by atoms with Gasteiger partial charge in [-0.3, -0.25) is 14.5 Å². The molecular weight excluding hydrogens is 356 g/mol. The molecule has 1 aliphatic rings. The summed E-state index contributed by atoms with van der Waals surface area (Å²) in [7, 11) is 0. The fourth-order valence-corrected chi connectivity index (χ4v) is 4.22. The number of amides is 2. The number of phenols is 1. The minimum absolute atomic E-state index is 0.115. The highest BCUT2D eigenvalue weighted by atomic mass is 16.3. The summed E-state index contributed by atoms with van der Waals surface area (Å²) in [6, 6.07) is 4.94. The predicted octanol–water partition coefficient (Wildman–Crippen LogP) is 3.85. The van der Waals surface area contributed by atoms with Crippen LogP contribution in [-0.4, -0.2) is 52.9 Å². The van der Waals surface area contributed by atoms with Crippen molar-refractivity contribution in [1.82, 2.24) is 9.80 Å². The Morgan fingerprint density at radius 2 is 1.68 bits per heavy atom. The van der Waals surface area contributed by atoms with Gasteiger partial charge in [-0.1, -0.05) is 13.8 Å². The summed E-state index contributed by atoms with van der Waals surface area (Å²) >= 11 is 0. The van der Waals surface area contributed by atoms with Crippen LogP contribution in [0.25, 0.3) is 21.9 Å². The zero-order chi connectivity index (χ0) is 20.2. The van der Waals surface area contributed by atoms with Gasteiger partial charge in [-0.2, -0.15) is 0 Å². The molecule has 0 radical (unpaired) electrons. The van der Waals surface area contributed by atoms with Crippen LogP contribution in [0.15, 0.2) is 22.6 Å². The molecule has 28 heavy (non-hydrogen) atoms. The monoisotopic (exact) mass is 380 g/mol. The van der Waals surface area contributed by atoms with E-state index < -0.39 is 0 Å². The van der Waals surface area contributed by atoms with E-state index in [0.717, 1.165) is 29.4 Å². The lowest BCUT2D eigenvalue weighted by Crippen LogP contribution is -2.38. The molecule has 6 nitrogen and oxygen atoms in total. The van der Waals surface area contributed by atoms with Gasteiger partial charge >= 0.3 is 0 Å². The predicted molar refractivity (Wildman–Crippen MR) is 108 cm³/mol. The number of aryl methyl sites for hydroxylation is 2. The highest BCUT2D eigenvalue weighted by molar-refractivity contribution is 6.26. The van der Waals surface area contributed by atoms with Crippen LogP contribution < -0.4 is 0 Å². The normalized spacial score (nSPS) is 14.1. The number of furan rings is 1. The molecule has 2 amide bonds. The molecule has 0 unspecified atom stereocenters. The van der Waals surface area contributed by atoms with E-state index in [1.165, 1.54) is 4.90 Å². The Bertz CT molecular complexity index is 1120. The van der Waals surface area contributed by atoms with Crippen LogP contribution in [0.2, 0.25) is 0 Å². The first-order chi connectivity index (χ1) is 13.4. The van der Waals surface area contributed by atoms with Crippen LogP contribution in [-0.2, 0) is 0 Å². The van der Waals surface area contributed by atoms with E-state index in [1.54, 1.807) is 18.2 Å². The van der Waals surface area contributed by atoms with Crippen LogP contribution in [0, 0.1) is 13.8 Å². The van der Waals surface area contributed by atoms with Gasteiger partial charge in [-0.25, -0.2) is 0 Å². The molecule has 146 valence electrons. The third-order valence-electron chi connectivity index (χ3n) is 5.84. The number of hydrogen-bond donors (Lipinski definition) is 1. The van der Waals surface area contributed by atoms with Crippen molar-refractivity contribution in [3.8, 4) is 5.75 Å². The largest absolute Gasteiger partial charge is 0.508 e. The molecule has 0 fully saturated rings. The summed E-state index contributed by atoms with van der Waals surface area (Å²) < 4.78 is 5.97. The van der Waals surface area contributed by atoms with Gasteiger partial charge in [0.05, 0.1) is 11.1 Å². The minimum atomic E-state index is -0.252. The Morgan fingerprint density at radius 3 is 2.32 bits per heavy atom. The van der Waals surface area contributed by atoms with Crippen LogP contribution in [0.1, 0.15) is 45.7 Å². The van der Waals surface area contributed by atoms with Gasteiger partial charge in [0, 0.05) is 35.5 Å². The summed E-state index contributed by atoms with van der Waals surface area (Å²) in [6.07, 6.45) is 0. The third-order valence-corrected chi connectivity index (χ3v) is 5.84. The van der Waals surface area contributed by atoms with Crippen molar-refractivity contribution in [2.45, 2.75) is 27.7 Å². The smallest absolute Gasteiger partial charge is 0.262 e. The van der Waals surface area contributed by atoms with Crippen LogP contribution in [0.3, 0.4) is 0 Å². The van der Waals surface area contributed by atoms with Crippen LogP contribution >= 0.6 is 0 Å². The molecule has 1 aromatic heterocycles. The number of aromatic hydroxyl groups is 1. The zero-order valence-electron chi connectivity index (χ0n) is 16.6. The molecule has 6 heteroatoms. The minimum Gasteiger partial charge on any atom is -0.508 e. The first-order valence-electron chi connectivity index (χ1n) is 9.65. The van der Waals surface area contributed by atoms with Crippen molar-refractivity contribution in [2.24, 2.45) is 0 Å². The molecule has 0 saturated heterocycles. The highest BCUT2D eigenvalue weighted by Crippen LogP contribution is 2.41. The van der Waals surface area contributed by atoms with Gasteiger partial charge in [0.15, 0.2) is 0 Å². The standard InChI is InChI=1S/C22H24N2O4/c1-5-23(6-2)9-10-24-21(26)18-12(3)17-15-8-7-14(25)11-16(15)28-20(17)13(4)19(18)22(24)27/h7-8,11,25H,5-6,9-10H2,1-4H3. The molecule has 2 heterocycles. The first kappa shape index (κ1) is 18.5. The lowest BCUT2D eigenvalue weighted by Gasteiger charge is -2.21. The van der Waals surface area contributed by atoms with E-state index in [-0.39, 0.29) is 17.6 Å². The lowest BCUT2D eigenvalue weighted by atomic mass is 9.94. The molecule has 0 saturated carbocycles. The fourth-order valence-electron chi connectivity index (χ4n) is 4.22. The number of nitrogens with zero attached hydrogens (tertiary/aromatic N) is 2. The molecule has 0 bridgehead atoms. The second-order valence-electron chi connectivity index (χ2n) is 7.28. The Balaban J connectivity index is 1.86. The molecule has 1 N–H and O–H groups in total. The SMILES string of the molecule is CCN(CC)CCN1C(=O)c2c(c(C)c3c(oc4cc(O)ccc43)c2C)C1=O. The lowest BCUT2D eigenvalue weighted by molar-refractivity contribution is 0.0637. The van der Waals surface area contributed by atoms with Gasteiger partial charge < -0.3 is 14.4 Å². The maximum Gasteiger partial charge on any atom is 0.262 e. The van der Waals surface area contributed by atoms with E-state index >= 15 is 0 Å². The molecule has 4 rings (SSSR count). The second-order valence-corrected chi connectivity index (χ2v) is 7.28. The van der Waals surface area contributed by atoms with Gasteiger partial charge in [0.2, 0.25) is 0 Å². The second kappa shape index (κ2) is 6.63. The Labute approximate surface area is 163 Å². The van der Waals surface area contributed by atoms with Crippen molar-refractivity contribution in [3.63, 3.8) is 0 Å². The van der Waals surface area contributed by atoms with Crippen molar-refractivity contribution in [3.05, 3.63) is 40.5 Å². The Morgan fingerprint density at radius 1 is 1.04 bits per heavy atom. The highest BCUT2D eigenvalue weighted by Gasteiger charge is 2.40. The number of carbonyl (C=O) groups is 2. The molecule has 0 atom stereocenters. The molecule has 0 aliphatic carbocycles.